The lowest BCUT2D eigenvalue weighted by molar-refractivity contribution is 0.475. The molecule has 0 radical (unpaired) electrons. The Hall–Kier alpha value is -2.90. The lowest BCUT2D eigenvalue weighted by Gasteiger charge is -1.97. The Morgan fingerprint density at radius 3 is 2.68 bits per heavy atom. The molecule has 0 atom stereocenters. The van der Waals surface area contributed by atoms with E-state index in [1.54, 1.807) is 24.3 Å². The van der Waals surface area contributed by atoms with Crippen molar-refractivity contribution in [3.05, 3.63) is 70.5 Å². The minimum Gasteiger partial charge on any atom is -0.508 e. The summed E-state index contributed by atoms with van der Waals surface area (Å²) < 4.78 is 0. The highest BCUT2D eigenvalue weighted by molar-refractivity contribution is 7.11. The molecule has 0 aliphatic heterocycles. The van der Waals surface area contributed by atoms with Crippen LogP contribution in [0.5, 0.6) is 5.75 Å². The fourth-order valence-electron chi connectivity index (χ4n) is 2.06. The van der Waals surface area contributed by atoms with E-state index in [1.807, 2.05) is 41.8 Å². The van der Waals surface area contributed by atoms with Crippen LogP contribution in [0.2, 0.25) is 0 Å². The molecule has 22 heavy (non-hydrogen) atoms. The van der Waals surface area contributed by atoms with Gasteiger partial charge in [0, 0.05) is 10.9 Å². The number of hydrogen-bond acceptors (Lipinski definition) is 4. The number of aromatic hydroxyl groups is 1. The van der Waals surface area contributed by atoms with Gasteiger partial charge in [0.25, 0.3) is 0 Å². The lowest BCUT2D eigenvalue weighted by Crippen LogP contribution is -1.82. The number of aromatic nitrogens is 1. The SMILES string of the molecule is N#CC(=Cc1cccc(O)c1)c1nc(-c2ccccc2)cs1. The topological polar surface area (TPSA) is 56.9 Å². The summed E-state index contributed by atoms with van der Waals surface area (Å²) in [4.78, 5) is 4.54. The molecule has 0 bridgehead atoms. The van der Waals surface area contributed by atoms with Gasteiger partial charge in [0.15, 0.2) is 0 Å². The molecule has 1 aromatic heterocycles. The number of hydrogen-bond donors (Lipinski definition) is 1. The molecule has 1 heterocycles. The molecule has 0 aliphatic carbocycles. The van der Waals surface area contributed by atoms with E-state index in [4.69, 9.17) is 0 Å². The van der Waals surface area contributed by atoms with Gasteiger partial charge in [-0.3, -0.25) is 0 Å². The highest BCUT2D eigenvalue weighted by Gasteiger charge is 2.09. The summed E-state index contributed by atoms with van der Waals surface area (Å²) in [7, 11) is 0. The van der Waals surface area contributed by atoms with Crippen molar-refractivity contribution in [2.24, 2.45) is 0 Å². The number of benzene rings is 2. The van der Waals surface area contributed by atoms with Gasteiger partial charge in [-0.15, -0.1) is 11.3 Å². The van der Waals surface area contributed by atoms with Crippen LogP contribution in [0.3, 0.4) is 0 Å². The molecule has 0 aliphatic rings. The predicted molar refractivity (Wildman–Crippen MR) is 89.1 cm³/mol. The average Bonchev–Trinajstić information content (AvgIpc) is 3.03. The molecule has 0 spiro atoms. The Balaban J connectivity index is 1.96. The molecule has 4 heteroatoms. The van der Waals surface area contributed by atoms with Crippen molar-refractivity contribution in [1.82, 2.24) is 4.98 Å². The molecule has 3 aromatic rings. The van der Waals surface area contributed by atoms with Crippen LogP contribution in [-0.2, 0) is 0 Å². The predicted octanol–water partition coefficient (Wildman–Crippen LogP) is 4.58. The van der Waals surface area contributed by atoms with Gasteiger partial charge in [-0.1, -0.05) is 42.5 Å². The summed E-state index contributed by atoms with van der Waals surface area (Å²) in [6.07, 6.45) is 1.73. The fourth-order valence-corrected chi connectivity index (χ4v) is 2.86. The van der Waals surface area contributed by atoms with Crippen LogP contribution in [0.25, 0.3) is 22.9 Å². The normalized spacial score (nSPS) is 11.1. The lowest BCUT2D eigenvalue weighted by atomic mass is 10.1. The van der Waals surface area contributed by atoms with Crippen molar-refractivity contribution in [2.45, 2.75) is 0 Å². The van der Waals surface area contributed by atoms with Crippen LogP contribution in [0.15, 0.2) is 60.0 Å². The summed E-state index contributed by atoms with van der Waals surface area (Å²) in [5, 5.41) is 21.5. The van der Waals surface area contributed by atoms with E-state index in [9.17, 15) is 10.4 Å². The van der Waals surface area contributed by atoms with Crippen LogP contribution in [0.4, 0.5) is 0 Å². The van der Waals surface area contributed by atoms with Crippen LogP contribution >= 0.6 is 11.3 Å². The third-order valence-electron chi connectivity index (χ3n) is 3.11. The summed E-state index contributed by atoms with van der Waals surface area (Å²) in [5.74, 6) is 0.176. The number of thiazole rings is 1. The minimum atomic E-state index is 0.176. The van der Waals surface area contributed by atoms with Crippen molar-refractivity contribution in [3.63, 3.8) is 0 Å². The Bertz CT molecular complexity index is 860. The third-order valence-corrected chi connectivity index (χ3v) is 3.98. The highest BCUT2D eigenvalue weighted by Crippen LogP contribution is 2.27. The Morgan fingerprint density at radius 1 is 1.14 bits per heavy atom. The van der Waals surface area contributed by atoms with E-state index >= 15 is 0 Å². The maximum absolute atomic E-state index is 9.50. The molecular formula is C18H12N2OS. The van der Waals surface area contributed by atoms with E-state index in [0.29, 0.717) is 10.6 Å². The summed E-state index contributed by atoms with van der Waals surface area (Å²) in [6, 6.07) is 18.8. The first-order valence-electron chi connectivity index (χ1n) is 6.68. The number of allylic oxidation sites excluding steroid dienone is 1. The second kappa shape index (κ2) is 6.25. The van der Waals surface area contributed by atoms with Gasteiger partial charge >= 0.3 is 0 Å². The molecule has 0 saturated heterocycles. The number of nitriles is 1. The van der Waals surface area contributed by atoms with Gasteiger partial charge in [0.1, 0.15) is 16.8 Å². The molecule has 3 nitrogen and oxygen atoms in total. The first kappa shape index (κ1) is 14.1. The number of phenolic OH excluding ortho intramolecular Hbond substituents is 1. The van der Waals surface area contributed by atoms with Crippen LogP contribution in [0.1, 0.15) is 10.6 Å². The molecule has 106 valence electrons. The van der Waals surface area contributed by atoms with Gasteiger partial charge in [0.05, 0.1) is 11.3 Å². The molecule has 0 saturated carbocycles. The molecule has 0 fully saturated rings. The van der Waals surface area contributed by atoms with E-state index in [2.05, 4.69) is 11.1 Å². The second-order valence-corrected chi connectivity index (χ2v) is 5.53. The molecule has 3 rings (SSSR count). The van der Waals surface area contributed by atoms with Crippen molar-refractivity contribution >= 4 is 23.0 Å². The zero-order valence-corrected chi connectivity index (χ0v) is 12.4. The van der Waals surface area contributed by atoms with Crippen LogP contribution in [-0.4, -0.2) is 10.1 Å². The van der Waals surface area contributed by atoms with Gasteiger partial charge in [-0.2, -0.15) is 5.26 Å². The Morgan fingerprint density at radius 2 is 1.95 bits per heavy atom. The average molecular weight is 304 g/mol. The molecule has 0 unspecified atom stereocenters. The van der Waals surface area contributed by atoms with E-state index in [-0.39, 0.29) is 5.75 Å². The van der Waals surface area contributed by atoms with Gasteiger partial charge in [-0.25, -0.2) is 4.98 Å². The van der Waals surface area contributed by atoms with Crippen LogP contribution in [0, 0.1) is 11.3 Å². The fraction of sp³-hybridized carbons (Fsp3) is 0. The number of phenols is 1. The van der Waals surface area contributed by atoms with Crippen molar-refractivity contribution in [1.29, 1.82) is 5.26 Å². The summed E-state index contributed by atoms with van der Waals surface area (Å²) in [6.45, 7) is 0. The van der Waals surface area contributed by atoms with Crippen molar-refractivity contribution in [3.8, 4) is 23.1 Å². The zero-order chi connectivity index (χ0) is 15.4. The standard InChI is InChI=1S/C18H12N2OS/c19-11-15(9-13-5-4-8-16(21)10-13)18-20-17(12-22-18)14-6-2-1-3-7-14/h1-10,12,21H. The molecule has 1 N–H and O–H groups in total. The van der Waals surface area contributed by atoms with E-state index in [0.717, 1.165) is 16.8 Å². The summed E-state index contributed by atoms with van der Waals surface area (Å²) in [5.41, 5.74) is 3.14. The third kappa shape index (κ3) is 3.05. The number of nitrogens with zero attached hydrogens (tertiary/aromatic N) is 2. The zero-order valence-electron chi connectivity index (χ0n) is 11.6. The minimum absolute atomic E-state index is 0.176. The van der Waals surface area contributed by atoms with Gasteiger partial charge in [-0.05, 0) is 23.8 Å². The number of rotatable bonds is 3. The maximum Gasteiger partial charge on any atom is 0.134 e. The molecule has 2 aromatic carbocycles. The van der Waals surface area contributed by atoms with Gasteiger partial charge in [0.2, 0.25) is 0 Å². The smallest absolute Gasteiger partial charge is 0.134 e. The Labute approximate surface area is 132 Å². The maximum atomic E-state index is 9.50. The first-order chi connectivity index (χ1) is 10.8. The molecular weight excluding hydrogens is 292 g/mol. The first-order valence-corrected chi connectivity index (χ1v) is 7.56. The largest absolute Gasteiger partial charge is 0.508 e. The Kier molecular flexibility index (Phi) is 3.99. The van der Waals surface area contributed by atoms with E-state index < -0.39 is 0 Å². The summed E-state index contributed by atoms with van der Waals surface area (Å²) >= 11 is 1.44. The van der Waals surface area contributed by atoms with Gasteiger partial charge < -0.3 is 5.11 Å². The van der Waals surface area contributed by atoms with Crippen LogP contribution < -0.4 is 0 Å². The monoisotopic (exact) mass is 304 g/mol. The quantitative estimate of drug-likeness (QED) is 0.720. The highest BCUT2D eigenvalue weighted by atomic mass is 32.1. The van der Waals surface area contributed by atoms with Crippen molar-refractivity contribution in [2.75, 3.05) is 0 Å². The van der Waals surface area contributed by atoms with E-state index in [1.165, 1.54) is 11.3 Å². The van der Waals surface area contributed by atoms with Crippen molar-refractivity contribution < 1.29 is 5.11 Å². The molecule has 0 amide bonds. The second-order valence-electron chi connectivity index (χ2n) is 4.67.